The van der Waals surface area contributed by atoms with Crippen LogP contribution in [-0.4, -0.2) is 34.2 Å². The fourth-order valence-corrected chi connectivity index (χ4v) is 4.44. The maximum atomic E-state index is 12.8. The van der Waals surface area contributed by atoms with Gasteiger partial charge in [-0.25, -0.2) is 8.42 Å². The van der Waals surface area contributed by atoms with Gasteiger partial charge in [-0.2, -0.15) is 0 Å². The van der Waals surface area contributed by atoms with Crippen molar-refractivity contribution in [1.82, 2.24) is 5.32 Å². The number of para-hydroxylation sites is 1. The highest BCUT2D eigenvalue weighted by atomic mass is 32.2. The van der Waals surface area contributed by atoms with E-state index in [-0.39, 0.29) is 24.4 Å². The molecule has 6 nitrogen and oxygen atoms in total. The largest absolute Gasteiger partial charge is 0.496 e. The number of aryl methyl sites for hydroxylation is 2. The second kappa shape index (κ2) is 9.51. The van der Waals surface area contributed by atoms with Gasteiger partial charge in [-0.15, -0.1) is 0 Å². The number of benzene rings is 2. The van der Waals surface area contributed by atoms with Gasteiger partial charge >= 0.3 is 0 Å². The van der Waals surface area contributed by atoms with Crippen LogP contribution in [0.4, 0.5) is 5.69 Å². The van der Waals surface area contributed by atoms with E-state index in [1.54, 1.807) is 19.2 Å². The van der Waals surface area contributed by atoms with Crippen LogP contribution < -0.4 is 14.4 Å². The molecule has 0 aliphatic heterocycles. The van der Waals surface area contributed by atoms with Crippen molar-refractivity contribution in [3.05, 3.63) is 58.7 Å². The molecule has 0 saturated heterocycles. The first-order chi connectivity index (χ1) is 14.0. The standard InChI is InChI=1S/C23H32N2O4S/c1-15(2)19-13-20(17(4)12-22(19)29-6)18(5)24-23(26)14-25(30(7,27)28)21-11-9-8-10-16(21)3/h8-13,15,18H,14H2,1-7H3,(H,24,26). The lowest BCUT2D eigenvalue weighted by atomic mass is 9.93. The Bertz CT molecular complexity index is 1020. The van der Waals surface area contributed by atoms with Gasteiger partial charge in [0.05, 0.1) is 25.1 Å². The predicted molar refractivity (Wildman–Crippen MR) is 122 cm³/mol. The summed E-state index contributed by atoms with van der Waals surface area (Å²) in [6.07, 6.45) is 1.11. The molecule has 30 heavy (non-hydrogen) atoms. The Labute approximate surface area is 180 Å². The molecule has 0 radical (unpaired) electrons. The number of nitrogens with one attached hydrogen (secondary N) is 1. The highest BCUT2D eigenvalue weighted by molar-refractivity contribution is 7.92. The van der Waals surface area contributed by atoms with Crippen molar-refractivity contribution in [3.63, 3.8) is 0 Å². The molecule has 0 aliphatic rings. The monoisotopic (exact) mass is 432 g/mol. The number of anilines is 1. The maximum Gasteiger partial charge on any atom is 0.241 e. The van der Waals surface area contributed by atoms with E-state index >= 15 is 0 Å². The van der Waals surface area contributed by atoms with Gasteiger partial charge in [0.25, 0.3) is 0 Å². The van der Waals surface area contributed by atoms with Crippen LogP contribution in [0.5, 0.6) is 5.75 Å². The Kier molecular flexibility index (Phi) is 7.53. The third-order valence-electron chi connectivity index (χ3n) is 5.16. The summed E-state index contributed by atoms with van der Waals surface area (Å²) in [6, 6.07) is 10.9. The van der Waals surface area contributed by atoms with Gasteiger partial charge in [0.2, 0.25) is 15.9 Å². The number of carbonyl (C=O) groups is 1. The van der Waals surface area contributed by atoms with E-state index in [0.717, 1.165) is 38.6 Å². The molecule has 0 saturated carbocycles. The predicted octanol–water partition coefficient (Wildman–Crippen LogP) is 4.08. The first-order valence-corrected chi connectivity index (χ1v) is 11.8. The van der Waals surface area contributed by atoms with Crippen LogP contribution in [0.2, 0.25) is 0 Å². The lowest BCUT2D eigenvalue weighted by Crippen LogP contribution is -2.41. The molecule has 1 unspecified atom stereocenters. The SMILES string of the molecule is COc1cc(C)c(C(C)NC(=O)CN(c2ccccc2C)S(C)(=O)=O)cc1C(C)C. The average Bonchev–Trinajstić information content (AvgIpc) is 2.65. The minimum atomic E-state index is -3.62. The summed E-state index contributed by atoms with van der Waals surface area (Å²) in [7, 11) is -1.97. The third-order valence-corrected chi connectivity index (χ3v) is 6.28. The Morgan fingerprint density at radius 3 is 2.23 bits per heavy atom. The number of ether oxygens (including phenoxy) is 1. The number of hydrogen-bond acceptors (Lipinski definition) is 4. The van der Waals surface area contributed by atoms with Crippen molar-refractivity contribution in [3.8, 4) is 5.75 Å². The zero-order chi connectivity index (χ0) is 22.6. The van der Waals surface area contributed by atoms with E-state index in [2.05, 4.69) is 25.2 Å². The lowest BCUT2D eigenvalue weighted by Gasteiger charge is -2.25. The summed E-state index contributed by atoms with van der Waals surface area (Å²) in [6.45, 7) is 9.59. The van der Waals surface area contributed by atoms with E-state index < -0.39 is 10.0 Å². The molecule has 7 heteroatoms. The molecular formula is C23H32N2O4S. The number of methoxy groups -OCH3 is 1. The number of nitrogens with zero attached hydrogens (tertiary/aromatic N) is 1. The number of rotatable bonds is 8. The minimum Gasteiger partial charge on any atom is -0.496 e. The van der Waals surface area contributed by atoms with Crippen molar-refractivity contribution in [2.45, 2.75) is 46.6 Å². The first-order valence-electron chi connectivity index (χ1n) is 9.96. The van der Waals surface area contributed by atoms with Gasteiger partial charge < -0.3 is 10.1 Å². The third kappa shape index (κ3) is 5.53. The van der Waals surface area contributed by atoms with Crippen LogP contribution in [0.15, 0.2) is 36.4 Å². The molecule has 0 aromatic heterocycles. The number of hydrogen-bond donors (Lipinski definition) is 1. The first kappa shape index (κ1) is 23.7. The molecule has 1 N–H and O–H groups in total. The summed E-state index contributed by atoms with van der Waals surface area (Å²) in [5, 5.41) is 2.95. The topological polar surface area (TPSA) is 75.7 Å². The molecule has 0 spiro atoms. The van der Waals surface area contributed by atoms with Gasteiger partial charge in [0.15, 0.2) is 0 Å². The molecule has 1 atom stereocenters. The molecule has 0 bridgehead atoms. The van der Waals surface area contributed by atoms with Crippen LogP contribution >= 0.6 is 0 Å². The van der Waals surface area contributed by atoms with Gasteiger partial charge in [-0.1, -0.05) is 32.0 Å². The fraction of sp³-hybridized carbons (Fsp3) is 0.435. The van der Waals surface area contributed by atoms with Crippen LogP contribution in [0.25, 0.3) is 0 Å². The number of amides is 1. The smallest absolute Gasteiger partial charge is 0.241 e. The second-order valence-electron chi connectivity index (χ2n) is 7.95. The normalized spacial score (nSPS) is 12.5. The number of sulfonamides is 1. The van der Waals surface area contributed by atoms with Crippen LogP contribution in [0, 0.1) is 13.8 Å². The molecular weight excluding hydrogens is 400 g/mol. The number of carbonyl (C=O) groups excluding carboxylic acids is 1. The molecule has 0 fully saturated rings. The molecule has 2 aromatic rings. The average molecular weight is 433 g/mol. The zero-order valence-electron chi connectivity index (χ0n) is 18.8. The van der Waals surface area contributed by atoms with Crippen molar-refractivity contribution in [1.29, 1.82) is 0 Å². The minimum absolute atomic E-state index is 0.268. The van der Waals surface area contributed by atoms with Gasteiger partial charge in [0.1, 0.15) is 12.3 Å². The van der Waals surface area contributed by atoms with Crippen molar-refractivity contribution in [2.24, 2.45) is 0 Å². The molecule has 1 amide bonds. The van der Waals surface area contributed by atoms with Gasteiger partial charge in [-0.05, 0) is 67.1 Å². The zero-order valence-corrected chi connectivity index (χ0v) is 19.6. The Hall–Kier alpha value is -2.54. The van der Waals surface area contributed by atoms with Gasteiger partial charge in [0, 0.05) is 0 Å². The maximum absolute atomic E-state index is 12.8. The van der Waals surface area contributed by atoms with Crippen LogP contribution in [0.3, 0.4) is 0 Å². The summed E-state index contributed by atoms with van der Waals surface area (Å²) in [4.78, 5) is 12.8. The molecule has 2 rings (SSSR count). The Morgan fingerprint density at radius 1 is 1.07 bits per heavy atom. The summed E-state index contributed by atoms with van der Waals surface area (Å²) in [5.74, 6) is 0.731. The summed E-state index contributed by atoms with van der Waals surface area (Å²) < 4.78 is 31.3. The molecule has 0 heterocycles. The van der Waals surface area contributed by atoms with Crippen molar-refractivity contribution in [2.75, 3.05) is 24.2 Å². The van der Waals surface area contributed by atoms with Crippen LogP contribution in [0.1, 0.15) is 55.0 Å². The van der Waals surface area contributed by atoms with E-state index in [9.17, 15) is 13.2 Å². The summed E-state index contributed by atoms with van der Waals surface area (Å²) in [5.41, 5.74) is 4.34. The van der Waals surface area contributed by atoms with Crippen molar-refractivity contribution >= 4 is 21.6 Å². The van der Waals surface area contributed by atoms with Crippen molar-refractivity contribution < 1.29 is 17.9 Å². The van der Waals surface area contributed by atoms with E-state index in [1.807, 2.05) is 39.0 Å². The lowest BCUT2D eigenvalue weighted by molar-refractivity contribution is -0.120. The quantitative estimate of drug-likeness (QED) is 0.682. The van der Waals surface area contributed by atoms with E-state index in [4.69, 9.17) is 4.74 Å². The molecule has 164 valence electrons. The van der Waals surface area contributed by atoms with Gasteiger partial charge in [-0.3, -0.25) is 9.10 Å². The van der Waals surface area contributed by atoms with E-state index in [0.29, 0.717) is 5.69 Å². The fourth-order valence-electron chi connectivity index (χ4n) is 3.53. The van der Waals surface area contributed by atoms with Crippen LogP contribution in [-0.2, 0) is 14.8 Å². The summed E-state index contributed by atoms with van der Waals surface area (Å²) >= 11 is 0. The molecule has 0 aliphatic carbocycles. The molecule has 2 aromatic carbocycles. The Morgan fingerprint density at radius 2 is 1.70 bits per heavy atom. The van der Waals surface area contributed by atoms with E-state index in [1.165, 1.54) is 0 Å². The Balaban J connectivity index is 2.27. The highest BCUT2D eigenvalue weighted by Gasteiger charge is 2.24. The second-order valence-corrected chi connectivity index (χ2v) is 9.86. The highest BCUT2D eigenvalue weighted by Crippen LogP contribution is 2.32.